The molecular formula is C30H41N3. The third-order valence-electron chi connectivity index (χ3n) is 11.6. The van der Waals surface area contributed by atoms with Crippen LogP contribution in [0.1, 0.15) is 70.8 Å². The lowest BCUT2D eigenvalue weighted by Gasteiger charge is -2.58. The number of allylic oxidation sites excluding steroid dienone is 1. The van der Waals surface area contributed by atoms with Crippen molar-refractivity contribution in [3.05, 3.63) is 41.5 Å². The number of nitriles is 1. The Morgan fingerprint density at radius 2 is 1.91 bits per heavy atom. The van der Waals surface area contributed by atoms with Gasteiger partial charge < -0.3 is 9.80 Å². The van der Waals surface area contributed by atoms with Crippen molar-refractivity contribution in [1.29, 1.82) is 5.26 Å². The van der Waals surface area contributed by atoms with Crippen molar-refractivity contribution in [2.75, 3.05) is 25.5 Å². The zero-order chi connectivity index (χ0) is 23.0. The first kappa shape index (κ1) is 21.7. The monoisotopic (exact) mass is 443 g/mol. The number of nitrogens with zero attached hydrogens (tertiary/aromatic N) is 3. The number of benzene rings is 1. The molecule has 8 atom stereocenters. The predicted molar refractivity (Wildman–Crippen MR) is 135 cm³/mol. The summed E-state index contributed by atoms with van der Waals surface area (Å²) in [6.07, 6.45) is 13.7. The van der Waals surface area contributed by atoms with Crippen LogP contribution < -0.4 is 4.90 Å². The lowest BCUT2D eigenvalue weighted by molar-refractivity contribution is -0.0398. The van der Waals surface area contributed by atoms with E-state index in [9.17, 15) is 5.26 Å². The molecular weight excluding hydrogens is 402 g/mol. The van der Waals surface area contributed by atoms with Crippen LogP contribution in [0, 0.1) is 45.8 Å². The van der Waals surface area contributed by atoms with Crippen LogP contribution in [0.3, 0.4) is 0 Å². The molecule has 1 aromatic rings. The molecule has 1 saturated heterocycles. The van der Waals surface area contributed by atoms with Gasteiger partial charge in [0.15, 0.2) is 0 Å². The van der Waals surface area contributed by atoms with Crippen LogP contribution in [0.5, 0.6) is 0 Å². The molecule has 3 saturated carbocycles. The highest BCUT2D eigenvalue weighted by atomic mass is 15.2. The first-order valence-electron chi connectivity index (χ1n) is 13.5. The largest absolute Gasteiger partial charge is 0.371 e. The Labute approximate surface area is 200 Å². The highest BCUT2D eigenvalue weighted by molar-refractivity contribution is 5.52. The summed E-state index contributed by atoms with van der Waals surface area (Å²) in [6, 6.07) is 11.8. The normalized spacial score (nSPS) is 44.2. The number of likely N-dealkylation sites (tertiary alicyclic amines) is 1. The molecule has 3 heteroatoms. The van der Waals surface area contributed by atoms with E-state index in [0.717, 1.165) is 35.3 Å². The van der Waals surface area contributed by atoms with Gasteiger partial charge in [0.05, 0.1) is 11.6 Å². The first-order chi connectivity index (χ1) is 15.9. The second-order valence-electron chi connectivity index (χ2n) is 12.5. The molecule has 0 amide bonds. The van der Waals surface area contributed by atoms with E-state index in [1.165, 1.54) is 63.6 Å². The molecule has 5 aliphatic rings. The average Bonchev–Trinajstić information content (AvgIpc) is 3.31. The van der Waals surface area contributed by atoms with Gasteiger partial charge in [-0.05, 0) is 118 Å². The van der Waals surface area contributed by atoms with Gasteiger partial charge in [0, 0.05) is 31.4 Å². The van der Waals surface area contributed by atoms with Crippen molar-refractivity contribution in [1.82, 2.24) is 4.90 Å². The van der Waals surface area contributed by atoms with Gasteiger partial charge in [-0.1, -0.05) is 24.6 Å². The maximum atomic E-state index is 9.32. The van der Waals surface area contributed by atoms with Gasteiger partial charge in [0.2, 0.25) is 0 Å². The molecule has 0 bridgehead atoms. The predicted octanol–water partition coefficient (Wildman–Crippen LogP) is 6.26. The molecule has 1 aliphatic heterocycles. The number of hydrogen-bond donors (Lipinski definition) is 0. The molecule has 1 aromatic carbocycles. The van der Waals surface area contributed by atoms with Gasteiger partial charge in [-0.25, -0.2) is 0 Å². The van der Waals surface area contributed by atoms with Gasteiger partial charge in [0.25, 0.3) is 0 Å². The molecule has 3 nitrogen and oxygen atoms in total. The van der Waals surface area contributed by atoms with E-state index < -0.39 is 0 Å². The molecule has 0 N–H and O–H groups in total. The van der Waals surface area contributed by atoms with Crippen molar-refractivity contribution in [2.45, 2.75) is 77.3 Å². The van der Waals surface area contributed by atoms with Gasteiger partial charge in [0.1, 0.15) is 0 Å². The lowest BCUT2D eigenvalue weighted by Crippen LogP contribution is -2.52. The zero-order valence-electron chi connectivity index (χ0n) is 21.1. The highest BCUT2D eigenvalue weighted by Crippen LogP contribution is 2.68. The third-order valence-corrected chi connectivity index (χ3v) is 11.6. The molecule has 6 rings (SSSR count). The molecule has 1 unspecified atom stereocenters. The van der Waals surface area contributed by atoms with Gasteiger partial charge in [-0.3, -0.25) is 0 Å². The molecule has 4 aliphatic carbocycles. The summed E-state index contributed by atoms with van der Waals surface area (Å²) in [5.41, 5.74) is 4.74. The Hall–Kier alpha value is -1.79. The van der Waals surface area contributed by atoms with Crippen molar-refractivity contribution in [3.8, 4) is 6.07 Å². The van der Waals surface area contributed by atoms with Crippen molar-refractivity contribution < 1.29 is 0 Å². The summed E-state index contributed by atoms with van der Waals surface area (Å²) in [5, 5.41) is 9.32. The quantitative estimate of drug-likeness (QED) is 0.506. The lowest BCUT2D eigenvalue weighted by atomic mass is 9.47. The molecule has 33 heavy (non-hydrogen) atoms. The molecule has 176 valence electrons. The van der Waals surface area contributed by atoms with Crippen molar-refractivity contribution in [2.24, 2.45) is 34.5 Å². The van der Waals surface area contributed by atoms with Crippen molar-refractivity contribution in [3.63, 3.8) is 0 Å². The van der Waals surface area contributed by atoms with Gasteiger partial charge in [-0.15, -0.1) is 0 Å². The minimum Gasteiger partial charge on any atom is -0.371 e. The van der Waals surface area contributed by atoms with Crippen LogP contribution in [0.15, 0.2) is 35.9 Å². The molecule has 4 fully saturated rings. The third kappa shape index (κ3) is 3.02. The minimum atomic E-state index is 0.407. The number of hydrogen-bond acceptors (Lipinski definition) is 3. The maximum absolute atomic E-state index is 9.32. The Balaban J connectivity index is 1.24. The van der Waals surface area contributed by atoms with E-state index in [1.807, 2.05) is 12.1 Å². The maximum Gasteiger partial charge on any atom is 0.0992 e. The summed E-state index contributed by atoms with van der Waals surface area (Å²) in [5.74, 6) is 3.71. The highest BCUT2D eigenvalue weighted by Gasteiger charge is 2.64. The van der Waals surface area contributed by atoms with E-state index in [-0.39, 0.29) is 0 Å². The Morgan fingerprint density at radius 1 is 1.09 bits per heavy atom. The van der Waals surface area contributed by atoms with Crippen LogP contribution in [0.4, 0.5) is 5.69 Å². The minimum absolute atomic E-state index is 0.407. The Morgan fingerprint density at radius 3 is 2.73 bits per heavy atom. The smallest absolute Gasteiger partial charge is 0.0992 e. The van der Waals surface area contributed by atoms with Gasteiger partial charge in [-0.2, -0.15) is 5.26 Å². The topological polar surface area (TPSA) is 30.3 Å². The summed E-state index contributed by atoms with van der Waals surface area (Å²) >= 11 is 0. The summed E-state index contributed by atoms with van der Waals surface area (Å²) in [7, 11) is 4.61. The fraction of sp³-hybridized carbons (Fsp3) is 0.700. The molecule has 0 radical (unpaired) electrons. The average molecular weight is 444 g/mol. The SMILES string of the molecule is C[C@H]1[C@H]2CC[C@H]3[C@@H]4CC=C5C[C@@H](N(C)c6cccc(C#N)c6)CC[C@]5(C)C4CC[C@]23CN1C. The number of fused-ring (bicyclic) bond motifs is 4. The van der Waals surface area contributed by atoms with Crippen LogP contribution in [0.25, 0.3) is 0 Å². The summed E-state index contributed by atoms with van der Waals surface area (Å²) in [6.45, 7) is 6.49. The fourth-order valence-electron chi connectivity index (χ4n) is 9.78. The van der Waals surface area contributed by atoms with E-state index in [4.69, 9.17) is 0 Å². The molecule has 0 aromatic heterocycles. The summed E-state index contributed by atoms with van der Waals surface area (Å²) in [4.78, 5) is 5.13. The van der Waals surface area contributed by atoms with Crippen LogP contribution >= 0.6 is 0 Å². The van der Waals surface area contributed by atoms with E-state index in [1.54, 1.807) is 5.57 Å². The first-order valence-corrected chi connectivity index (χ1v) is 13.5. The van der Waals surface area contributed by atoms with E-state index >= 15 is 0 Å². The van der Waals surface area contributed by atoms with Crippen LogP contribution in [0.2, 0.25) is 0 Å². The van der Waals surface area contributed by atoms with E-state index in [2.05, 4.69) is 62.0 Å². The Kier molecular flexibility index (Phi) is 5.01. The van der Waals surface area contributed by atoms with Crippen LogP contribution in [-0.4, -0.2) is 37.6 Å². The van der Waals surface area contributed by atoms with Crippen LogP contribution in [-0.2, 0) is 0 Å². The standard InChI is InChI=1S/C30H41N3/c1-20-26-10-11-28-25-9-8-22-17-24(33(4)23-7-5-6-21(16-23)18-31)12-14-29(22,2)27(25)13-15-30(26,28)19-32(20)3/h5-8,16,20,24-28H,9-15,17,19H2,1-4H3/t20-,24-,25+,26+,27?,28-,29-,30-/m0/s1. The number of anilines is 1. The molecule has 1 spiro atoms. The van der Waals surface area contributed by atoms with E-state index in [0.29, 0.717) is 16.9 Å². The Bertz CT molecular complexity index is 1010. The second kappa shape index (κ2) is 7.61. The molecule has 1 heterocycles. The zero-order valence-corrected chi connectivity index (χ0v) is 21.1. The van der Waals surface area contributed by atoms with Crippen molar-refractivity contribution >= 4 is 5.69 Å². The summed E-state index contributed by atoms with van der Waals surface area (Å²) < 4.78 is 0. The fourth-order valence-corrected chi connectivity index (χ4v) is 9.78. The number of rotatable bonds is 2. The van der Waals surface area contributed by atoms with Gasteiger partial charge >= 0.3 is 0 Å². The second-order valence-corrected chi connectivity index (χ2v) is 12.5.